The third-order valence-corrected chi connectivity index (χ3v) is 4.64. The minimum Gasteiger partial charge on any atom is -0.357 e. The molecule has 1 aromatic carbocycles. The second-order valence-corrected chi connectivity index (χ2v) is 5.69. The molecule has 0 bridgehead atoms. The van der Waals surface area contributed by atoms with Crippen LogP contribution < -0.4 is 15.5 Å². The van der Waals surface area contributed by atoms with Gasteiger partial charge in [0.05, 0.1) is 11.4 Å². The molecule has 1 aliphatic rings. The summed E-state index contributed by atoms with van der Waals surface area (Å²) < 4.78 is 0. The Balaban J connectivity index is 2.62. The molecule has 2 rings (SSSR count). The molecule has 0 saturated carbocycles. The number of carbonyl (C=O) groups excluding carboxylic acids is 1. The molecular formula is C16H25N3O. The number of likely N-dealkylation sites (N-methyl/N-ethyl adjacent to an activating group) is 1. The number of anilines is 2. The molecule has 1 atom stereocenters. The van der Waals surface area contributed by atoms with Gasteiger partial charge in [0, 0.05) is 13.1 Å². The molecule has 0 spiro atoms. The largest absolute Gasteiger partial charge is 0.357 e. The van der Waals surface area contributed by atoms with Gasteiger partial charge < -0.3 is 15.5 Å². The summed E-state index contributed by atoms with van der Waals surface area (Å²) in [4.78, 5) is 14.4. The van der Waals surface area contributed by atoms with Crippen LogP contribution >= 0.6 is 0 Å². The van der Waals surface area contributed by atoms with Crippen LogP contribution in [0, 0.1) is 27.7 Å². The van der Waals surface area contributed by atoms with Gasteiger partial charge in [-0.2, -0.15) is 0 Å². The van der Waals surface area contributed by atoms with Gasteiger partial charge in [-0.05, 0) is 63.9 Å². The number of fused-ring (bicyclic) bond motifs is 1. The molecular weight excluding hydrogens is 250 g/mol. The Morgan fingerprint density at radius 1 is 1.10 bits per heavy atom. The fourth-order valence-electron chi connectivity index (χ4n) is 2.91. The first kappa shape index (κ1) is 14.9. The van der Waals surface area contributed by atoms with E-state index in [9.17, 15) is 4.79 Å². The van der Waals surface area contributed by atoms with Crippen molar-refractivity contribution >= 4 is 17.3 Å². The van der Waals surface area contributed by atoms with Crippen LogP contribution in [0.1, 0.15) is 29.2 Å². The summed E-state index contributed by atoms with van der Waals surface area (Å²) in [7, 11) is 1.94. The summed E-state index contributed by atoms with van der Waals surface area (Å²) in [5.74, 6) is 0.0827. The zero-order valence-corrected chi connectivity index (χ0v) is 13.3. The molecule has 110 valence electrons. The second kappa shape index (κ2) is 5.44. The number of hydrogen-bond donors (Lipinski definition) is 2. The van der Waals surface area contributed by atoms with E-state index in [-0.39, 0.29) is 11.9 Å². The number of nitrogens with one attached hydrogen (secondary N) is 2. The van der Waals surface area contributed by atoms with Crippen molar-refractivity contribution in [3.63, 3.8) is 0 Å². The van der Waals surface area contributed by atoms with Gasteiger partial charge in [0.25, 0.3) is 0 Å². The van der Waals surface area contributed by atoms with Gasteiger partial charge in [-0.3, -0.25) is 4.79 Å². The first-order valence-electron chi connectivity index (χ1n) is 7.22. The average Bonchev–Trinajstić information content (AvgIpc) is 2.43. The van der Waals surface area contributed by atoms with Crippen LogP contribution in [0.25, 0.3) is 0 Å². The van der Waals surface area contributed by atoms with Gasteiger partial charge in [0.2, 0.25) is 5.91 Å². The van der Waals surface area contributed by atoms with E-state index >= 15 is 0 Å². The first-order valence-corrected chi connectivity index (χ1v) is 7.22. The molecule has 0 aliphatic carbocycles. The SMILES string of the molecule is CNCCN1c2c(C)c(C)c(C)c(C)c2NC(=O)[C@H]1C. The number of carbonyl (C=O) groups is 1. The first-order chi connectivity index (χ1) is 9.40. The monoisotopic (exact) mass is 275 g/mol. The number of hydrogen-bond acceptors (Lipinski definition) is 3. The third-order valence-electron chi connectivity index (χ3n) is 4.64. The highest BCUT2D eigenvalue weighted by Crippen LogP contribution is 2.41. The van der Waals surface area contributed by atoms with Gasteiger partial charge in [-0.15, -0.1) is 0 Å². The molecule has 0 saturated heterocycles. The summed E-state index contributed by atoms with van der Waals surface area (Å²) in [6.45, 7) is 12.2. The number of amides is 1. The molecule has 0 radical (unpaired) electrons. The highest BCUT2D eigenvalue weighted by molar-refractivity contribution is 6.05. The topological polar surface area (TPSA) is 44.4 Å². The summed E-state index contributed by atoms with van der Waals surface area (Å²) in [5.41, 5.74) is 7.21. The molecule has 1 aromatic rings. The maximum atomic E-state index is 12.2. The summed E-state index contributed by atoms with van der Waals surface area (Å²) in [5, 5.41) is 6.26. The molecule has 1 heterocycles. The van der Waals surface area contributed by atoms with Gasteiger partial charge in [-0.1, -0.05) is 0 Å². The Morgan fingerprint density at radius 2 is 1.70 bits per heavy atom. The van der Waals surface area contributed by atoms with Crippen LogP contribution in [-0.2, 0) is 4.79 Å². The fourth-order valence-corrected chi connectivity index (χ4v) is 2.91. The van der Waals surface area contributed by atoms with Crippen molar-refractivity contribution in [2.75, 3.05) is 30.4 Å². The zero-order valence-electron chi connectivity index (χ0n) is 13.3. The van der Waals surface area contributed by atoms with Crippen LogP contribution in [0.15, 0.2) is 0 Å². The predicted octanol–water partition coefficient (Wildman–Crippen LogP) is 2.29. The van der Waals surface area contributed by atoms with E-state index in [0.29, 0.717) is 0 Å². The highest BCUT2D eigenvalue weighted by atomic mass is 16.2. The Labute approximate surface area is 121 Å². The van der Waals surface area contributed by atoms with E-state index in [1.807, 2.05) is 14.0 Å². The molecule has 1 amide bonds. The van der Waals surface area contributed by atoms with Crippen molar-refractivity contribution in [2.24, 2.45) is 0 Å². The normalized spacial score (nSPS) is 18.0. The van der Waals surface area contributed by atoms with Crippen molar-refractivity contribution in [1.29, 1.82) is 0 Å². The van der Waals surface area contributed by atoms with Crippen LogP contribution in [0.4, 0.5) is 11.4 Å². The van der Waals surface area contributed by atoms with Crippen molar-refractivity contribution in [1.82, 2.24) is 5.32 Å². The van der Waals surface area contributed by atoms with Crippen LogP contribution in [-0.4, -0.2) is 32.1 Å². The van der Waals surface area contributed by atoms with Crippen LogP contribution in [0.3, 0.4) is 0 Å². The smallest absolute Gasteiger partial charge is 0.246 e. The molecule has 4 heteroatoms. The van der Waals surface area contributed by atoms with Crippen LogP contribution in [0.2, 0.25) is 0 Å². The van der Waals surface area contributed by atoms with Gasteiger partial charge in [0.1, 0.15) is 6.04 Å². The molecule has 1 aliphatic heterocycles. The lowest BCUT2D eigenvalue weighted by molar-refractivity contribution is -0.117. The number of nitrogens with zero attached hydrogens (tertiary/aromatic N) is 1. The van der Waals surface area contributed by atoms with E-state index in [2.05, 4.69) is 43.2 Å². The Bertz CT molecular complexity index is 551. The van der Waals surface area contributed by atoms with E-state index in [1.54, 1.807) is 0 Å². The molecule has 0 fully saturated rings. The van der Waals surface area contributed by atoms with E-state index < -0.39 is 0 Å². The Morgan fingerprint density at radius 3 is 2.30 bits per heavy atom. The lowest BCUT2D eigenvalue weighted by Crippen LogP contribution is -2.49. The highest BCUT2D eigenvalue weighted by Gasteiger charge is 2.32. The molecule has 0 unspecified atom stereocenters. The van der Waals surface area contributed by atoms with Crippen molar-refractivity contribution in [3.05, 3.63) is 22.3 Å². The van der Waals surface area contributed by atoms with Gasteiger partial charge in [-0.25, -0.2) is 0 Å². The lowest BCUT2D eigenvalue weighted by atomic mass is 9.92. The summed E-state index contributed by atoms with van der Waals surface area (Å²) >= 11 is 0. The molecule has 20 heavy (non-hydrogen) atoms. The van der Waals surface area contributed by atoms with Crippen molar-refractivity contribution < 1.29 is 4.79 Å². The van der Waals surface area contributed by atoms with Crippen molar-refractivity contribution in [2.45, 2.75) is 40.7 Å². The maximum Gasteiger partial charge on any atom is 0.246 e. The molecule has 2 N–H and O–H groups in total. The average molecular weight is 275 g/mol. The summed E-state index contributed by atoms with van der Waals surface area (Å²) in [6.07, 6.45) is 0. The summed E-state index contributed by atoms with van der Waals surface area (Å²) in [6, 6.07) is -0.129. The van der Waals surface area contributed by atoms with Crippen molar-refractivity contribution in [3.8, 4) is 0 Å². The fraction of sp³-hybridized carbons (Fsp3) is 0.562. The molecule has 0 aromatic heterocycles. The second-order valence-electron chi connectivity index (χ2n) is 5.69. The lowest BCUT2D eigenvalue weighted by Gasteiger charge is -2.39. The van der Waals surface area contributed by atoms with Gasteiger partial charge in [0.15, 0.2) is 0 Å². The van der Waals surface area contributed by atoms with E-state index in [4.69, 9.17) is 0 Å². The maximum absolute atomic E-state index is 12.2. The minimum absolute atomic E-state index is 0.0827. The van der Waals surface area contributed by atoms with Crippen LogP contribution in [0.5, 0.6) is 0 Å². The van der Waals surface area contributed by atoms with E-state index in [0.717, 1.165) is 18.8 Å². The Kier molecular flexibility index (Phi) is 4.04. The van der Waals surface area contributed by atoms with Gasteiger partial charge >= 0.3 is 0 Å². The standard InChI is InChI=1S/C16H25N3O/c1-9-10(2)12(4)15-14(11(9)3)18-16(20)13(5)19(15)8-7-17-6/h13,17H,7-8H2,1-6H3,(H,18,20)/t13-/m1/s1. The zero-order chi connectivity index (χ0) is 15.0. The molecule has 4 nitrogen and oxygen atoms in total. The number of rotatable bonds is 3. The quantitative estimate of drug-likeness (QED) is 0.889. The number of benzene rings is 1. The predicted molar refractivity (Wildman–Crippen MR) is 84.8 cm³/mol. The third kappa shape index (κ3) is 2.18. The minimum atomic E-state index is -0.129. The Hall–Kier alpha value is -1.55. The van der Waals surface area contributed by atoms with E-state index in [1.165, 1.54) is 27.9 Å².